The summed E-state index contributed by atoms with van der Waals surface area (Å²) in [5.74, 6) is 1.02. The van der Waals surface area contributed by atoms with Gasteiger partial charge in [-0.05, 0) is 46.7 Å². The highest BCUT2D eigenvalue weighted by molar-refractivity contribution is 7.09. The summed E-state index contributed by atoms with van der Waals surface area (Å²) in [6.07, 6.45) is 1.78. The maximum absolute atomic E-state index is 11.4. The predicted molar refractivity (Wildman–Crippen MR) is 129 cm³/mol. The Morgan fingerprint density at radius 2 is 1.84 bits per heavy atom. The summed E-state index contributed by atoms with van der Waals surface area (Å²) in [6, 6.07) is 21.5. The number of benzene rings is 2. The molecule has 2 heterocycles. The van der Waals surface area contributed by atoms with E-state index in [0.717, 1.165) is 16.9 Å². The van der Waals surface area contributed by atoms with Gasteiger partial charge in [0, 0.05) is 23.2 Å². The zero-order chi connectivity index (χ0) is 22.5. The van der Waals surface area contributed by atoms with Gasteiger partial charge in [-0.1, -0.05) is 56.3 Å². The number of nitrogens with zero attached hydrogens (tertiary/aromatic N) is 3. The zero-order valence-corrected chi connectivity index (χ0v) is 18.9. The standard InChI is InChI=1S/C26H25N3O2S/c1-18(2)20-8-10-21(11-9-20)25-27-13-12-24(28-25)29(17-23-7-4-14-32-23)16-19-5-3-6-22(15-19)26(30)31/h3-15,18H,16-17H2,1-2H3,(H,30,31). The highest BCUT2D eigenvalue weighted by atomic mass is 32.1. The van der Waals surface area contributed by atoms with Crippen LogP contribution in [0.4, 0.5) is 5.82 Å². The van der Waals surface area contributed by atoms with Crippen molar-refractivity contribution in [2.75, 3.05) is 4.90 Å². The lowest BCUT2D eigenvalue weighted by molar-refractivity contribution is 0.0696. The summed E-state index contributed by atoms with van der Waals surface area (Å²) in [6.45, 7) is 5.57. The second-order valence-corrected chi connectivity index (χ2v) is 8.99. The fourth-order valence-electron chi connectivity index (χ4n) is 3.51. The quantitative estimate of drug-likeness (QED) is 0.349. The molecule has 2 aromatic heterocycles. The predicted octanol–water partition coefficient (Wildman–Crippen LogP) is 6.23. The molecule has 4 aromatic rings. The Hall–Kier alpha value is -3.51. The first kappa shape index (κ1) is 21.7. The molecule has 2 aromatic carbocycles. The van der Waals surface area contributed by atoms with E-state index in [2.05, 4.69) is 59.4 Å². The van der Waals surface area contributed by atoms with Crippen molar-refractivity contribution in [3.8, 4) is 11.4 Å². The molecule has 0 aliphatic carbocycles. The molecule has 5 nitrogen and oxygen atoms in total. The lowest BCUT2D eigenvalue weighted by Crippen LogP contribution is -2.23. The molecule has 0 unspecified atom stereocenters. The number of aromatic carboxylic acids is 1. The lowest BCUT2D eigenvalue weighted by atomic mass is 10.0. The van der Waals surface area contributed by atoms with Crippen LogP contribution in [0.5, 0.6) is 0 Å². The normalized spacial score (nSPS) is 11.0. The highest BCUT2D eigenvalue weighted by Crippen LogP contribution is 2.25. The minimum Gasteiger partial charge on any atom is -0.478 e. The molecule has 162 valence electrons. The Labute approximate surface area is 192 Å². The Bertz CT molecular complexity index is 1190. The fourth-order valence-corrected chi connectivity index (χ4v) is 4.23. The van der Waals surface area contributed by atoms with E-state index in [4.69, 9.17) is 4.98 Å². The molecule has 0 fully saturated rings. The van der Waals surface area contributed by atoms with E-state index in [1.165, 1.54) is 10.4 Å². The van der Waals surface area contributed by atoms with Gasteiger partial charge >= 0.3 is 5.97 Å². The van der Waals surface area contributed by atoms with Crippen LogP contribution in [0.3, 0.4) is 0 Å². The first-order valence-corrected chi connectivity index (χ1v) is 11.4. The smallest absolute Gasteiger partial charge is 0.335 e. The molecule has 6 heteroatoms. The molecule has 0 atom stereocenters. The molecule has 32 heavy (non-hydrogen) atoms. The Morgan fingerprint density at radius 3 is 2.53 bits per heavy atom. The molecule has 0 aliphatic rings. The van der Waals surface area contributed by atoms with Gasteiger partial charge in [0.25, 0.3) is 0 Å². The largest absolute Gasteiger partial charge is 0.478 e. The van der Waals surface area contributed by atoms with E-state index in [9.17, 15) is 9.90 Å². The van der Waals surface area contributed by atoms with Gasteiger partial charge in [-0.15, -0.1) is 11.3 Å². The molecular weight excluding hydrogens is 418 g/mol. The van der Waals surface area contributed by atoms with Gasteiger partial charge in [0.05, 0.1) is 12.1 Å². The summed E-state index contributed by atoms with van der Waals surface area (Å²) in [4.78, 5) is 24.1. The third kappa shape index (κ3) is 5.21. The van der Waals surface area contributed by atoms with Crippen molar-refractivity contribution in [2.45, 2.75) is 32.9 Å². The number of carbonyl (C=O) groups is 1. The van der Waals surface area contributed by atoms with E-state index in [1.54, 1.807) is 35.7 Å². The van der Waals surface area contributed by atoms with Crippen LogP contribution in [0.25, 0.3) is 11.4 Å². The minimum atomic E-state index is -0.925. The topological polar surface area (TPSA) is 66.3 Å². The van der Waals surface area contributed by atoms with Crippen LogP contribution < -0.4 is 4.90 Å². The van der Waals surface area contributed by atoms with Crippen LogP contribution in [-0.4, -0.2) is 21.0 Å². The minimum absolute atomic E-state index is 0.284. The molecule has 4 rings (SSSR count). The second-order valence-electron chi connectivity index (χ2n) is 7.96. The van der Waals surface area contributed by atoms with Crippen LogP contribution in [-0.2, 0) is 13.1 Å². The number of hydrogen-bond donors (Lipinski definition) is 1. The molecule has 0 spiro atoms. The van der Waals surface area contributed by atoms with Gasteiger partial charge in [-0.25, -0.2) is 14.8 Å². The number of anilines is 1. The lowest BCUT2D eigenvalue weighted by Gasteiger charge is -2.24. The van der Waals surface area contributed by atoms with Crippen molar-refractivity contribution in [1.82, 2.24) is 9.97 Å². The number of carboxylic acids is 1. The van der Waals surface area contributed by atoms with Crippen molar-refractivity contribution < 1.29 is 9.90 Å². The number of hydrogen-bond acceptors (Lipinski definition) is 5. The molecule has 0 radical (unpaired) electrons. The van der Waals surface area contributed by atoms with E-state index >= 15 is 0 Å². The number of thiophene rings is 1. The average molecular weight is 444 g/mol. The van der Waals surface area contributed by atoms with Crippen LogP contribution in [0.1, 0.15) is 46.1 Å². The van der Waals surface area contributed by atoms with Crippen LogP contribution in [0, 0.1) is 0 Å². The molecular formula is C26H25N3O2S. The van der Waals surface area contributed by atoms with Gasteiger partial charge in [0.15, 0.2) is 5.82 Å². The van der Waals surface area contributed by atoms with Crippen molar-refractivity contribution in [3.63, 3.8) is 0 Å². The van der Waals surface area contributed by atoms with E-state index in [1.807, 2.05) is 18.2 Å². The first-order valence-electron chi connectivity index (χ1n) is 10.5. The van der Waals surface area contributed by atoms with E-state index in [-0.39, 0.29) is 5.56 Å². The first-order chi connectivity index (χ1) is 15.5. The summed E-state index contributed by atoms with van der Waals surface area (Å²) in [7, 11) is 0. The van der Waals surface area contributed by atoms with Gasteiger partial charge in [0.2, 0.25) is 0 Å². The van der Waals surface area contributed by atoms with Crippen molar-refractivity contribution in [2.24, 2.45) is 0 Å². The van der Waals surface area contributed by atoms with Crippen LogP contribution in [0.2, 0.25) is 0 Å². The van der Waals surface area contributed by atoms with Crippen LogP contribution in [0.15, 0.2) is 78.3 Å². The van der Waals surface area contributed by atoms with Gasteiger partial charge < -0.3 is 10.0 Å². The van der Waals surface area contributed by atoms with Gasteiger partial charge in [0.1, 0.15) is 5.82 Å². The average Bonchev–Trinajstić information content (AvgIpc) is 3.32. The number of carboxylic acid groups (broad SMARTS) is 1. The van der Waals surface area contributed by atoms with Crippen molar-refractivity contribution >= 4 is 23.1 Å². The summed E-state index contributed by atoms with van der Waals surface area (Å²) >= 11 is 1.69. The van der Waals surface area contributed by atoms with Gasteiger partial charge in [-0.3, -0.25) is 0 Å². The highest BCUT2D eigenvalue weighted by Gasteiger charge is 2.14. The summed E-state index contributed by atoms with van der Waals surface area (Å²) in [5.41, 5.74) is 3.46. The van der Waals surface area contributed by atoms with Crippen molar-refractivity contribution in [1.29, 1.82) is 0 Å². The summed E-state index contributed by atoms with van der Waals surface area (Å²) in [5, 5.41) is 11.4. The molecule has 0 amide bonds. The zero-order valence-electron chi connectivity index (χ0n) is 18.1. The molecule has 0 bridgehead atoms. The van der Waals surface area contributed by atoms with Gasteiger partial charge in [-0.2, -0.15) is 0 Å². The molecule has 1 N–H and O–H groups in total. The van der Waals surface area contributed by atoms with E-state index < -0.39 is 5.97 Å². The third-order valence-electron chi connectivity index (χ3n) is 5.27. The van der Waals surface area contributed by atoms with Crippen LogP contribution >= 0.6 is 11.3 Å². The summed E-state index contributed by atoms with van der Waals surface area (Å²) < 4.78 is 0. The Balaban J connectivity index is 1.66. The molecule has 0 saturated carbocycles. The maximum atomic E-state index is 11.4. The monoisotopic (exact) mass is 443 g/mol. The fraction of sp³-hybridized carbons (Fsp3) is 0.192. The maximum Gasteiger partial charge on any atom is 0.335 e. The Morgan fingerprint density at radius 1 is 1.03 bits per heavy atom. The molecule has 0 saturated heterocycles. The van der Waals surface area contributed by atoms with Crippen molar-refractivity contribution in [3.05, 3.63) is 99.9 Å². The SMILES string of the molecule is CC(C)c1ccc(-c2nccc(N(Cc3cccc(C(=O)O)c3)Cc3cccs3)n2)cc1. The third-order valence-corrected chi connectivity index (χ3v) is 6.14. The number of aromatic nitrogens is 2. The van der Waals surface area contributed by atoms with E-state index in [0.29, 0.717) is 24.8 Å². The number of rotatable bonds is 8. The molecule has 0 aliphatic heterocycles. The Kier molecular flexibility index (Phi) is 6.61. The second kappa shape index (κ2) is 9.75.